The molecule has 3 rings (SSSR count). The molecule has 0 aliphatic carbocycles. The van der Waals surface area contributed by atoms with Crippen LogP contribution in [0, 0.1) is 10.1 Å². The summed E-state index contributed by atoms with van der Waals surface area (Å²) < 4.78 is 10.8. The van der Waals surface area contributed by atoms with Gasteiger partial charge in [-0.25, -0.2) is 9.79 Å². The minimum Gasteiger partial charge on any atom is -0.477 e. The second-order valence-electron chi connectivity index (χ2n) is 5.85. The minimum absolute atomic E-state index is 0.109. The normalized spacial score (nSPS) is 18.2. The van der Waals surface area contributed by atoms with Gasteiger partial charge in [-0.05, 0) is 29.8 Å². The average molecular weight is 381 g/mol. The molecule has 0 saturated carbocycles. The van der Waals surface area contributed by atoms with E-state index in [1.807, 2.05) is 30.3 Å². The summed E-state index contributed by atoms with van der Waals surface area (Å²) in [5.74, 6) is -0.279. The van der Waals surface area contributed by atoms with E-state index in [0.29, 0.717) is 5.90 Å². The smallest absolute Gasteiger partial charge is 0.338 e. The number of carbonyl (C=O) groups excluding carboxylic acids is 1. The number of nitro benzene ring substituents is 1. The molecule has 0 aromatic heterocycles. The zero-order valence-corrected chi connectivity index (χ0v) is 14.5. The van der Waals surface area contributed by atoms with Crippen molar-refractivity contribution in [1.29, 1.82) is 0 Å². The van der Waals surface area contributed by atoms with Gasteiger partial charge in [0.25, 0.3) is 5.69 Å². The van der Waals surface area contributed by atoms with Crippen LogP contribution in [0.5, 0.6) is 0 Å². The number of carbonyl (C=O) groups is 1. The molecule has 28 heavy (non-hydrogen) atoms. The van der Waals surface area contributed by atoms with Crippen LogP contribution in [0.1, 0.15) is 15.9 Å². The Morgan fingerprint density at radius 1 is 1.29 bits per heavy atom. The van der Waals surface area contributed by atoms with Gasteiger partial charge in [0.1, 0.15) is 13.2 Å². The molecule has 1 aliphatic heterocycles. The van der Waals surface area contributed by atoms with Crippen molar-refractivity contribution in [2.45, 2.75) is 12.1 Å². The molecule has 0 radical (unpaired) electrons. The maximum atomic E-state index is 12.2. The summed E-state index contributed by atoms with van der Waals surface area (Å²) >= 11 is 0. The number of rotatable bonds is 6. The fraction of sp³-hybridized carbons (Fsp3) is 0.222. The summed E-state index contributed by atoms with van der Waals surface area (Å²) in [6, 6.07) is 13.0. The van der Waals surface area contributed by atoms with E-state index in [1.165, 1.54) is 24.3 Å². The van der Waals surface area contributed by atoms with Gasteiger partial charge in [-0.2, -0.15) is 0 Å². The lowest BCUT2D eigenvalue weighted by Gasteiger charge is -2.26. The lowest BCUT2D eigenvalue weighted by Crippen LogP contribution is -2.38. The lowest BCUT2D eigenvalue weighted by molar-refractivity contribution is -0.384. The first kappa shape index (κ1) is 18.9. The van der Waals surface area contributed by atoms with Crippen LogP contribution in [-0.2, 0) is 9.47 Å². The second kappa shape index (κ2) is 8.65. The molecule has 0 saturated heterocycles. The lowest BCUT2D eigenvalue weighted by atomic mass is 10.1. The largest absolute Gasteiger partial charge is 0.477 e. The summed E-state index contributed by atoms with van der Waals surface area (Å²) in [5, 5.41) is 14.3. The first-order valence-electron chi connectivity index (χ1n) is 8.30. The molecule has 0 amide bonds. The molecule has 10 heteroatoms. The third kappa shape index (κ3) is 4.43. The highest BCUT2D eigenvalue weighted by molar-refractivity contribution is 5.94. The van der Waals surface area contributed by atoms with Crippen LogP contribution in [0.25, 0.3) is 10.4 Å². The highest BCUT2D eigenvalue weighted by Gasteiger charge is 2.28. The Labute approximate surface area is 159 Å². The zero-order valence-electron chi connectivity index (χ0n) is 14.5. The van der Waals surface area contributed by atoms with E-state index in [4.69, 9.17) is 15.0 Å². The van der Waals surface area contributed by atoms with Crippen molar-refractivity contribution in [2.24, 2.45) is 10.1 Å². The predicted octanol–water partition coefficient (Wildman–Crippen LogP) is 3.28. The van der Waals surface area contributed by atoms with Gasteiger partial charge < -0.3 is 9.47 Å². The van der Waals surface area contributed by atoms with Crippen LogP contribution in [0.2, 0.25) is 0 Å². The highest BCUT2D eigenvalue weighted by atomic mass is 16.6. The molecule has 0 bridgehead atoms. The second-order valence-corrected chi connectivity index (χ2v) is 5.85. The monoisotopic (exact) mass is 381 g/mol. The van der Waals surface area contributed by atoms with Crippen molar-refractivity contribution < 1.29 is 19.2 Å². The van der Waals surface area contributed by atoms with E-state index in [1.54, 1.807) is 0 Å². The standard InChI is InChI=1S/C18H15N5O5/c19-22-21-16-11-27-17(12-4-2-1-3-5-12)20-15(16)10-28-18(24)13-6-8-14(9-7-13)23(25)26/h1-9,15-16H,10-11H2/t15-,16-/m1/s1. The van der Waals surface area contributed by atoms with Gasteiger partial charge in [0.2, 0.25) is 5.90 Å². The molecule has 0 fully saturated rings. The number of azide groups is 1. The molecule has 1 aliphatic rings. The van der Waals surface area contributed by atoms with Crippen LogP contribution >= 0.6 is 0 Å². The number of hydrogen-bond donors (Lipinski definition) is 0. The van der Waals surface area contributed by atoms with Crippen LogP contribution in [-0.4, -0.2) is 42.1 Å². The number of aliphatic imine (C=N–C) groups is 1. The quantitative estimate of drug-likeness (QED) is 0.189. The van der Waals surface area contributed by atoms with E-state index >= 15 is 0 Å². The van der Waals surface area contributed by atoms with Crippen LogP contribution in [0.4, 0.5) is 5.69 Å². The molecule has 1 heterocycles. The number of benzene rings is 2. The molecule has 0 N–H and O–H groups in total. The zero-order chi connectivity index (χ0) is 19.9. The number of esters is 1. The third-order valence-electron chi connectivity index (χ3n) is 4.04. The molecule has 2 atom stereocenters. The van der Waals surface area contributed by atoms with Crippen LogP contribution < -0.4 is 0 Å². The minimum atomic E-state index is -0.655. The van der Waals surface area contributed by atoms with Gasteiger partial charge >= 0.3 is 5.97 Å². The van der Waals surface area contributed by atoms with Gasteiger partial charge in [-0.3, -0.25) is 10.1 Å². The van der Waals surface area contributed by atoms with Gasteiger partial charge in [0.15, 0.2) is 0 Å². The fourth-order valence-electron chi connectivity index (χ4n) is 2.58. The summed E-state index contributed by atoms with van der Waals surface area (Å²) in [6.07, 6.45) is 0. The van der Waals surface area contributed by atoms with Crippen molar-refractivity contribution in [3.8, 4) is 0 Å². The number of nitrogens with zero attached hydrogens (tertiary/aromatic N) is 5. The molecule has 2 aromatic carbocycles. The molecule has 2 aromatic rings. The van der Waals surface area contributed by atoms with Crippen molar-refractivity contribution in [3.63, 3.8) is 0 Å². The van der Waals surface area contributed by atoms with Crippen molar-refractivity contribution in [1.82, 2.24) is 0 Å². The van der Waals surface area contributed by atoms with Gasteiger partial charge in [0, 0.05) is 22.6 Å². The number of ether oxygens (including phenoxy) is 2. The van der Waals surface area contributed by atoms with E-state index in [2.05, 4.69) is 15.0 Å². The SMILES string of the molecule is [N-]=[N+]=N[C@@H]1COC(c2ccccc2)=N[C@@H]1COC(=O)c1ccc([N+](=O)[O-])cc1. The van der Waals surface area contributed by atoms with E-state index in [-0.39, 0.29) is 24.5 Å². The molecule has 10 nitrogen and oxygen atoms in total. The average Bonchev–Trinajstić information content (AvgIpc) is 2.73. The van der Waals surface area contributed by atoms with E-state index in [9.17, 15) is 14.9 Å². The van der Waals surface area contributed by atoms with Gasteiger partial charge in [-0.15, -0.1) is 0 Å². The highest BCUT2D eigenvalue weighted by Crippen LogP contribution is 2.18. The van der Waals surface area contributed by atoms with E-state index in [0.717, 1.165) is 5.56 Å². The Balaban J connectivity index is 1.72. The number of nitro groups is 1. The van der Waals surface area contributed by atoms with E-state index < -0.39 is 23.0 Å². The first-order valence-corrected chi connectivity index (χ1v) is 8.30. The first-order chi connectivity index (χ1) is 13.6. The molecular weight excluding hydrogens is 366 g/mol. The molecule has 142 valence electrons. The Kier molecular flexibility index (Phi) is 5.83. The Bertz CT molecular complexity index is 939. The van der Waals surface area contributed by atoms with Crippen molar-refractivity contribution >= 4 is 17.6 Å². The third-order valence-corrected chi connectivity index (χ3v) is 4.04. The van der Waals surface area contributed by atoms with Crippen LogP contribution in [0.15, 0.2) is 64.7 Å². The van der Waals surface area contributed by atoms with Crippen LogP contribution in [0.3, 0.4) is 0 Å². The van der Waals surface area contributed by atoms with Gasteiger partial charge in [-0.1, -0.05) is 23.3 Å². The summed E-state index contributed by atoms with van der Waals surface area (Å²) in [4.78, 5) is 29.5. The predicted molar refractivity (Wildman–Crippen MR) is 99.0 cm³/mol. The number of hydrogen-bond acceptors (Lipinski definition) is 7. The number of non-ortho nitro benzene ring substituents is 1. The maximum Gasteiger partial charge on any atom is 0.338 e. The topological polar surface area (TPSA) is 140 Å². The molecule has 0 unspecified atom stereocenters. The molecular formula is C18H15N5O5. The van der Waals surface area contributed by atoms with Crippen molar-refractivity contribution in [2.75, 3.05) is 13.2 Å². The Morgan fingerprint density at radius 3 is 2.64 bits per heavy atom. The van der Waals surface area contributed by atoms with Gasteiger partial charge in [0.05, 0.1) is 22.6 Å². The summed E-state index contributed by atoms with van der Waals surface area (Å²) in [7, 11) is 0. The summed E-state index contributed by atoms with van der Waals surface area (Å²) in [5.41, 5.74) is 9.54. The summed E-state index contributed by atoms with van der Waals surface area (Å²) in [6.45, 7) is -0.0171. The van der Waals surface area contributed by atoms with Crippen molar-refractivity contribution in [3.05, 3.63) is 86.3 Å². The fourth-order valence-corrected chi connectivity index (χ4v) is 2.58. The maximum absolute atomic E-state index is 12.2. The Hall–Kier alpha value is -3.91. The Morgan fingerprint density at radius 2 is 2.00 bits per heavy atom. The molecule has 0 spiro atoms.